The molecule has 0 aliphatic carbocycles. The van der Waals surface area contributed by atoms with Crippen LogP contribution >= 0.6 is 15.9 Å². The molecule has 3 atom stereocenters. The number of hydrogen-bond acceptors (Lipinski definition) is 2. The molecule has 0 saturated carbocycles. The molecule has 1 aromatic carbocycles. The third kappa shape index (κ3) is 3.26. The maximum Gasteiger partial charge on any atom is 0.0349 e. The fourth-order valence-corrected chi connectivity index (χ4v) is 4.02. The van der Waals surface area contributed by atoms with Gasteiger partial charge in [-0.3, -0.25) is 4.90 Å². The fourth-order valence-electron chi connectivity index (χ4n) is 3.76. The molecule has 2 rings (SSSR count). The minimum atomic E-state index is 0.0599. The molecule has 0 spiro atoms. The summed E-state index contributed by atoms with van der Waals surface area (Å²) in [6.45, 7) is 7.70. The highest BCUT2D eigenvalue weighted by Crippen LogP contribution is 2.35. The van der Waals surface area contributed by atoms with Crippen molar-refractivity contribution in [1.82, 2.24) is 4.90 Å². The van der Waals surface area contributed by atoms with E-state index < -0.39 is 0 Å². The van der Waals surface area contributed by atoms with Gasteiger partial charge in [0.1, 0.15) is 0 Å². The van der Waals surface area contributed by atoms with Gasteiger partial charge in [-0.15, -0.1) is 0 Å². The second kappa shape index (κ2) is 6.59. The number of nitrogens with zero attached hydrogens (tertiary/aromatic N) is 1. The van der Waals surface area contributed by atoms with Crippen LogP contribution in [-0.2, 0) is 6.42 Å². The van der Waals surface area contributed by atoms with Crippen LogP contribution < -0.4 is 5.73 Å². The van der Waals surface area contributed by atoms with E-state index in [-0.39, 0.29) is 5.54 Å². The summed E-state index contributed by atoms with van der Waals surface area (Å²) < 4.78 is 1.14. The van der Waals surface area contributed by atoms with Crippen molar-refractivity contribution < 1.29 is 0 Å². The third-order valence-electron chi connectivity index (χ3n) is 4.82. The Morgan fingerprint density at radius 3 is 2.50 bits per heavy atom. The van der Waals surface area contributed by atoms with Crippen LogP contribution in [0.3, 0.4) is 0 Å². The van der Waals surface area contributed by atoms with Crippen LogP contribution in [0.25, 0.3) is 0 Å². The number of likely N-dealkylation sites (tertiary alicyclic amines) is 1. The highest BCUT2D eigenvalue weighted by Gasteiger charge is 2.41. The first-order valence-corrected chi connectivity index (χ1v) is 8.52. The highest BCUT2D eigenvalue weighted by atomic mass is 79.9. The summed E-state index contributed by atoms with van der Waals surface area (Å²) in [6.07, 6.45) is 4.86. The van der Waals surface area contributed by atoms with Crippen LogP contribution in [0.15, 0.2) is 28.7 Å². The summed E-state index contributed by atoms with van der Waals surface area (Å²) in [5, 5.41) is 0. The lowest BCUT2D eigenvalue weighted by molar-refractivity contribution is 0.0595. The van der Waals surface area contributed by atoms with Gasteiger partial charge in [-0.25, -0.2) is 0 Å². The molecular weight excluding hydrogens is 312 g/mol. The molecule has 20 heavy (non-hydrogen) atoms. The maximum atomic E-state index is 6.19. The van der Waals surface area contributed by atoms with E-state index in [4.69, 9.17) is 5.73 Å². The lowest BCUT2D eigenvalue weighted by Gasteiger charge is -2.44. The number of rotatable bonds is 5. The predicted octanol–water partition coefficient (Wildman–Crippen LogP) is 3.97. The number of halogens is 1. The first kappa shape index (κ1) is 16.0. The Hall–Kier alpha value is -0.380. The molecule has 0 bridgehead atoms. The molecule has 2 N–H and O–H groups in total. The summed E-state index contributed by atoms with van der Waals surface area (Å²) in [6, 6.07) is 9.99. The molecule has 0 aromatic heterocycles. The molecule has 1 fully saturated rings. The van der Waals surface area contributed by atoms with Gasteiger partial charge in [-0.1, -0.05) is 35.0 Å². The molecule has 0 amide bonds. The molecule has 1 aromatic rings. The van der Waals surface area contributed by atoms with Gasteiger partial charge in [-0.05, 0) is 57.2 Å². The highest BCUT2D eigenvalue weighted by molar-refractivity contribution is 9.10. The molecular formula is C17H27BrN2. The van der Waals surface area contributed by atoms with Gasteiger partial charge in [0.25, 0.3) is 0 Å². The summed E-state index contributed by atoms with van der Waals surface area (Å²) in [7, 11) is 0. The Kier molecular flexibility index (Phi) is 5.27. The van der Waals surface area contributed by atoms with Crippen molar-refractivity contribution in [3.8, 4) is 0 Å². The van der Waals surface area contributed by atoms with Crippen LogP contribution in [-0.4, -0.2) is 29.1 Å². The maximum absolute atomic E-state index is 6.19. The molecule has 1 aliphatic heterocycles. The van der Waals surface area contributed by atoms with Crippen LogP contribution in [0.5, 0.6) is 0 Å². The van der Waals surface area contributed by atoms with E-state index in [2.05, 4.69) is 65.9 Å². The van der Waals surface area contributed by atoms with Gasteiger partial charge in [-0.2, -0.15) is 0 Å². The standard InChI is InChI=1S/C17H27BrN2/c1-4-16-10-5-13(2)20(16)17(3,12-19)11-14-6-8-15(18)9-7-14/h6-9,13,16H,4-5,10-12,19H2,1-3H3. The average molecular weight is 339 g/mol. The number of hydrogen-bond donors (Lipinski definition) is 1. The van der Waals surface area contributed by atoms with E-state index in [1.54, 1.807) is 0 Å². The molecule has 0 radical (unpaired) electrons. The zero-order valence-corrected chi connectivity index (χ0v) is 14.5. The smallest absolute Gasteiger partial charge is 0.0349 e. The van der Waals surface area contributed by atoms with Crippen molar-refractivity contribution in [3.05, 3.63) is 34.3 Å². The SMILES string of the molecule is CCC1CCC(C)N1C(C)(CN)Cc1ccc(Br)cc1. The monoisotopic (exact) mass is 338 g/mol. The van der Waals surface area contributed by atoms with E-state index in [9.17, 15) is 0 Å². The van der Waals surface area contributed by atoms with E-state index in [1.807, 2.05) is 0 Å². The summed E-state index contributed by atoms with van der Waals surface area (Å²) in [5.74, 6) is 0. The van der Waals surface area contributed by atoms with Crippen LogP contribution in [0, 0.1) is 0 Å². The average Bonchev–Trinajstić information content (AvgIpc) is 2.83. The second-order valence-corrected chi connectivity index (χ2v) is 7.32. The lowest BCUT2D eigenvalue weighted by atomic mass is 9.89. The normalized spacial score (nSPS) is 26.6. The topological polar surface area (TPSA) is 29.3 Å². The van der Waals surface area contributed by atoms with Crippen molar-refractivity contribution in [1.29, 1.82) is 0 Å². The van der Waals surface area contributed by atoms with E-state index >= 15 is 0 Å². The van der Waals surface area contributed by atoms with Gasteiger partial charge in [0.05, 0.1) is 0 Å². The zero-order valence-electron chi connectivity index (χ0n) is 12.9. The van der Waals surface area contributed by atoms with Crippen molar-refractivity contribution in [2.75, 3.05) is 6.54 Å². The summed E-state index contributed by atoms with van der Waals surface area (Å²) in [4.78, 5) is 2.69. The Labute approximate surface area is 131 Å². The zero-order chi connectivity index (χ0) is 14.8. The van der Waals surface area contributed by atoms with Crippen molar-refractivity contribution in [2.45, 2.75) is 64.1 Å². The Morgan fingerprint density at radius 1 is 1.30 bits per heavy atom. The third-order valence-corrected chi connectivity index (χ3v) is 5.35. The van der Waals surface area contributed by atoms with Gasteiger partial charge in [0, 0.05) is 28.6 Å². The van der Waals surface area contributed by atoms with Crippen molar-refractivity contribution in [3.63, 3.8) is 0 Å². The Bertz CT molecular complexity index is 431. The second-order valence-electron chi connectivity index (χ2n) is 6.40. The van der Waals surface area contributed by atoms with Crippen molar-refractivity contribution in [2.24, 2.45) is 5.73 Å². The fraction of sp³-hybridized carbons (Fsp3) is 0.647. The summed E-state index contributed by atoms with van der Waals surface area (Å²) >= 11 is 3.50. The predicted molar refractivity (Wildman–Crippen MR) is 89.9 cm³/mol. The molecule has 2 nitrogen and oxygen atoms in total. The molecule has 3 heteroatoms. The minimum absolute atomic E-state index is 0.0599. The lowest BCUT2D eigenvalue weighted by Crippen LogP contribution is -2.57. The van der Waals surface area contributed by atoms with Gasteiger partial charge < -0.3 is 5.73 Å². The first-order chi connectivity index (χ1) is 9.50. The molecule has 1 heterocycles. The van der Waals surface area contributed by atoms with Crippen molar-refractivity contribution >= 4 is 15.9 Å². The van der Waals surface area contributed by atoms with Crippen LogP contribution in [0.4, 0.5) is 0 Å². The van der Waals surface area contributed by atoms with Crippen LogP contribution in [0.2, 0.25) is 0 Å². The molecule has 3 unspecified atom stereocenters. The molecule has 1 saturated heterocycles. The first-order valence-electron chi connectivity index (χ1n) is 7.73. The van der Waals surface area contributed by atoms with Gasteiger partial charge in [0.15, 0.2) is 0 Å². The number of benzene rings is 1. The minimum Gasteiger partial charge on any atom is -0.329 e. The van der Waals surface area contributed by atoms with E-state index in [1.165, 1.54) is 24.8 Å². The largest absolute Gasteiger partial charge is 0.329 e. The molecule has 1 aliphatic rings. The van der Waals surface area contributed by atoms with Gasteiger partial charge >= 0.3 is 0 Å². The van der Waals surface area contributed by atoms with E-state index in [0.29, 0.717) is 18.6 Å². The summed E-state index contributed by atoms with van der Waals surface area (Å²) in [5.41, 5.74) is 7.62. The van der Waals surface area contributed by atoms with Gasteiger partial charge in [0.2, 0.25) is 0 Å². The quantitative estimate of drug-likeness (QED) is 0.879. The Morgan fingerprint density at radius 2 is 1.95 bits per heavy atom. The number of nitrogens with two attached hydrogens (primary N) is 1. The van der Waals surface area contributed by atoms with E-state index in [0.717, 1.165) is 10.9 Å². The van der Waals surface area contributed by atoms with Crippen LogP contribution in [0.1, 0.15) is 45.6 Å². The Balaban J connectivity index is 2.21. The molecule has 112 valence electrons.